The normalized spacial score (nSPS) is 14.2. The molecule has 10 heteroatoms. The van der Waals surface area contributed by atoms with Gasteiger partial charge in [0.1, 0.15) is 19.8 Å². The molecule has 318 valence electrons. The zero-order chi connectivity index (χ0) is 40.7. The minimum absolute atomic E-state index is 0.0368. The van der Waals surface area contributed by atoms with E-state index in [-0.39, 0.29) is 26.1 Å². The lowest BCUT2D eigenvalue weighted by molar-refractivity contribution is -0.870. The van der Waals surface area contributed by atoms with Crippen LogP contribution in [0.4, 0.5) is 0 Å². The lowest BCUT2D eigenvalue weighted by atomic mass is 10.1. The average molecular weight is 794 g/mol. The van der Waals surface area contributed by atoms with E-state index in [1.165, 1.54) is 44.9 Å². The molecule has 0 aromatic rings. The average Bonchev–Trinajstić information content (AvgIpc) is 3.13. The molecule has 0 heterocycles. The van der Waals surface area contributed by atoms with E-state index >= 15 is 0 Å². The van der Waals surface area contributed by atoms with Crippen molar-refractivity contribution in [3.63, 3.8) is 0 Å². The van der Waals surface area contributed by atoms with Crippen LogP contribution in [0, 0.1) is 0 Å². The van der Waals surface area contributed by atoms with Gasteiger partial charge >= 0.3 is 11.9 Å². The summed E-state index contributed by atoms with van der Waals surface area (Å²) in [7, 11) is 1.14. The first-order valence-corrected chi connectivity index (χ1v) is 23.0. The Morgan fingerprint density at radius 3 is 1.55 bits per heavy atom. The van der Waals surface area contributed by atoms with Gasteiger partial charge in [-0.05, 0) is 57.8 Å². The fraction of sp³-hybridized carbons (Fsp3) is 0.733. The van der Waals surface area contributed by atoms with Gasteiger partial charge in [0, 0.05) is 12.8 Å². The van der Waals surface area contributed by atoms with Crippen molar-refractivity contribution in [2.24, 2.45) is 0 Å². The topological polar surface area (TPSA) is 111 Å². The van der Waals surface area contributed by atoms with E-state index in [2.05, 4.69) is 74.6 Å². The Morgan fingerprint density at radius 1 is 0.582 bits per heavy atom. The molecule has 0 aromatic carbocycles. The molecule has 0 aliphatic rings. The number of phosphoric acid groups is 1. The van der Waals surface area contributed by atoms with Crippen LogP contribution in [0.25, 0.3) is 0 Å². The molecule has 0 aliphatic heterocycles. The molecule has 0 bridgehead atoms. The van der Waals surface area contributed by atoms with Crippen molar-refractivity contribution >= 4 is 19.8 Å². The van der Waals surface area contributed by atoms with E-state index in [0.717, 1.165) is 83.5 Å². The Balaban J connectivity index is 4.38. The maximum Gasteiger partial charge on any atom is 0.306 e. The Morgan fingerprint density at radius 2 is 1.04 bits per heavy atom. The molecular formula is C45H80NO8P. The number of hydrogen-bond donors (Lipinski definition) is 0. The van der Waals surface area contributed by atoms with Crippen molar-refractivity contribution in [3.8, 4) is 0 Å². The summed E-state index contributed by atoms with van der Waals surface area (Å²) in [5.74, 6) is -0.862. The molecule has 0 aliphatic carbocycles. The lowest BCUT2D eigenvalue weighted by Crippen LogP contribution is -2.37. The first-order chi connectivity index (χ1) is 26.5. The predicted octanol–water partition coefficient (Wildman–Crippen LogP) is 11.4. The largest absolute Gasteiger partial charge is 0.756 e. The highest BCUT2D eigenvalue weighted by atomic mass is 31.2. The third-order valence-corrected chi connectivity index (χ3v) is 9.77. The van der Waals surface area contributed by atoms with Crippen molar-refractivity contribution in [3.05, 3.63) is 60.8 Å². The van der Waals surface area contributed by atoms with Crippen LogP contribution in [0.2, 0.25) is 0 Å². The SMILES string of the molecule is CC/C=C\C/C=C\C/C=C\C/C=C\C/C=C\CCCCCCCC(=O)OC(COC(=O)CCCCCCCCCCCC)COP(=O)([O-])OCC[N+](C)(C)C. The molecule has 0 saturated carbocycles. The maximum absolute atomic E-state index is 12.7. The summed E-state index contributed by atoms with van der Waals surface area (Å²) in [5.41, 5.74) is 0. The fourth-order valence-corrected chi connectivity index (χ4v) is 6.17. The molecular weight excluding hydrogens is 713 g/mol. The first kappa shape index (κ1) is 52.7. The molecule has 2 atom stereocenters. The molecule has 0 saturated heterocycles. The number of rotatable bonds is 38. The Labute approximate surface area is 336 Å². The minimum atomic E-state index is -4.63. The summed E-state index contributed by atoms with van der Waals surface area (Å²) in [5, 5.41) is 0. The highest BCUT2D eigenvalue weighted by Gasteiger charge is 2.21. The van der Waals surface area contributed by atoms with Gasteiger partial charge in [-0.3, -0.25) is 14.2 Å². The molecule has 0 aromatic heterocycles. The van der Waals surface area contributed by atoms with Crippen LogP contribution in [0.3, 0.4) is 0 Å². The van der Waals surface area contributed by atoms with E-state index in [9.17, 15) is 19.0 Å². The van der Waals surface area contributed by atoms with E-state index in [1.54, 1.807) is 0 Å². The van der Waals surface area contributed by atoms with Crippen molar-refractivity contribution in [2.45, 2.75) is 168 Å². The fourth-order valence-electron chi connectivity index (χ4n) is 5.44. The second-order valence-corrected chi connectivity index (χ2v) is 16.7. The van der Waals surface area contributed by atoms with Crippen molar-refractivity contribution < 1.29 is 42.1 Å². The van der Waals surface area contributed by atoms with Gasteiger partial charge in [0.2, 0.25) is 0 Å². The van der Waals surface area contributed by atoms with E-state index in [4.69, 9.17) is 18.5 Å². The molecule has 2 unspecified atom stereocenters. The number of ether oxygens (including phenoxy) is 2. The summed E-state index contributed by atoms with van der Waals surface area (Å²) in [6, 6.07) is 0. The Bertz CT molecular complexity index is 1120. The highest BCUT2D eigenvalue weighted by Crippen LogP contribution is 2.38. The van der Waals surface area contributed by atoms with Crippen molar-refractivity contribution in [2.75, 3.05) is 47.5 Å². The number of hydrogen-bond acceptors (Lipinski definition) is 8. The van der Waals surface area contributed by atoms with E-state index in [0.29, 0.717) is 17.4 Å². The number of phosphoric ester groups is 1. The molecule has 0 fully saturated rings. The first-order valence-electron chi connectivity index (χ1n) is 21.5. The zero-order valence-corrected chi connectivity index (χ0v) is 36.5. The number of carbonyl (C=O) groups excluding carboxylic acids is 2. The molecule has 0 radical (unpaired) electrons. The standard InChI is InChI=1S/C45H80NO8P/c1-6-8-10-12-14-16-18-19-20-21-22-23-24-25-26-27-28-30-32-34-36-38-45(48)54-43(42-53-55(49,50)52-40-39-46(3,4)5)41-51-44(47)37-35-33-31-29-17-15-13-11-9-7-2/h8,10,14,16,19-20,22-23,25-26,43H,6-7,9,11-13,15,17-18,21,24,27-42H2,1-5H3/b10-8-,16-14-,20-19-,23-22-,26-25-. The zero-order valence-electron chi connectivity index (χ0n) is 35.6. The molecule has 0 amide bonds. The van der Waals surface area contributed by atoms with Crippen LogP contribution in [0.15, 0.2) is 60.8 Å². The monoisotopic (exact) mass is 794 g/mol. The number of allylic oxidation sites excluding steroid dienone is 10. The lowest BCUT2D eigenvalue weighted by Gasteiger charge is -2.28. The van der Waals surface area contributed by atoms with Gasteiger partial charge in [0.25, 0.3) is 7.82 Å². The number of nitrogens with zero attached hydrogens (tertiary/aromatic N) is 1. The minimum Gasteiger partial charge on any atom is -0.756 e. The van der Waals surface area contributed by atoms with Gasteiger partial charge in [0.05, 0.1) is 27.7 Å². The number of quaternary nitrogens is 1. The Kier molecular flexibility index (Phi) is 35.7. The summed E-state index contributed by atoms with van der Waals surface area (Å²) < 4.78 is 33.8. The summed E-state index contributed by atoms with van der Waals surface area (Å²) in [6.07, 6.45) is 43.9. The quantitative estimate of drug-likeness (QED) is 0.0200. The summed E-state index contributed by atoms with van der Waals surface area (Å²) >= 11 is 0. The van der Waals surface area contributed by atoms with Crippen LogP contribution < -0.4 is 4.89 Å². The van der Waals surface area contributed by atoms with Crippen LogP contribution in [0.5, 0.6) is 0 Å². The van der Waals surface area contributed by atoms with Gasteiger partial charge in [0.15, 0.2) is 6.10 Å². The van der Waals surface area contributed by atoms with Crippen LogP contribution >= 0.6 is 7.82 Å². The third kappa shape index (κ3) is 41.2. The maximum atomic E-state index is 12.7. The number of likely N-dealkylation sites (N-methyl/N-ethyl adjacent to an activating group) is 1. The van der Waals surface area contributed by atoms with Crippen LogP contribution in [-0.4, -0.2) is 70.0 Å². The smallest absolute Gasteiger partial charge is 0.306 e. The van der Waals surface area contributed by atoms with Gasteiger partial charge in [-0.25, -0.2) is 0 Å². The second kappa shape index (κ2) is 37.3. The van der Waals surface area contributed by atoms with Gasteiger partial charge in [-0.1, -0.05) is 152 Å². The van der Waals surface area contributed by atoms with Crippen molar-refractivity contribution in [1.29, 1.82) is 0 Å². The van der Waals surface area contributed by atoms with Gasteiger partial charge in [-0.15, -0.1) is 0 Å². The molecule has 55 heavy (non-hydrogen) atoms. The van der Waals surface area contributed by atoms with Crippen LogP contribution in [0.1, 0.15) is 162 Å². The number of carbonyl (C=O) groups is 2. The Hall–Kier alpha value is -2.29. The van der Waals surface area contributed by atoms with Gasteiger partial charge in [-0.2, -0.15) is 0 Å². The van der Waals surface area contributed by atoms with Crippen LogP contribution in [-0.2, 0) is 32.7 Å². The molecule has 0 N–H and O–H groups in total. The predicted molar refractivity (Wildman–Crippen MR) is 226 cm³/mol. The highest BCUT2D eigenvalue weighted by molar-refractivity contribution is 7.45. The van der Waals surface area contributed by atoms with Crippen molar-refractivity contribution in [1.82, 2.24) is 0 Å². The number of esters is 2. The van der Waals surface area contributed by atoms with E-state index in [1.807, 2.05) is 21.1 Å². The molecule has 9 nitrogen and oxygen atoms in total. The molecule has 0 rings (SSSR count). The second-order valence-electron chi connectivity index (χ2n) is 15.3. The summed E-state index contributed by atoms with van der Waals surface area (Å²) in [6.45, 7) is 4.06. The molecule has 0 spiro atoms. The van der Waals surface area contributed by atoms with Gasteiger partial charge < -0.3 is 27.9 Å². The van der Waals surface area contributed by atoms with E-state index < -0.39 is 32.5 Å². The summed E-state index contributed by atoms with van der Waals surface area (Å²) in [4.78, 5) is 37.4. The third-order valence-electron chi connectivity index (χ3n) is 8.80. The number of unbranched alkanes of at least 4 members (excludes halogenated alkanes) is 14.